The van der Waals surface area contributed by atoms with Crippen LogP contribution < -0.4 is 16.4 Å². The van der Waals surface area contributed by atoms with Gasteiger partial charge in [0.1, 0.15) is 0 Å². The lowest BCUT2D eigenvalue weighted by Gasteiger charge is -2.34. The molecule has 4 nitrogen and oxygen atoms in total. The van der Waals surface area contributed by atoms with Crippen molar-refractivity contribution < 1.29 is 4.79 Å². The first-order valence-corrected chi connectivity index (χ1v) is 5.29. The SMILES string of the molecule is CC(=O)NCC12CC3(NCN)CC13C2. The van der Waals surface area contributed by atoms with E-state index in [1.807, 2.05) is 0 Å². The average Bonchev–Trinajstić information content (AvgIpc) is 2.85. The summed E-state index contributed by atoms with van der Waals surface area (Å²) in [6.07, 6.45) is 3.77. The number of nitrogens with two attached hydrogens (primary N) is 1. The average molecular weight is 195 g/mol. The van der Waals surface area contributed by atoms with Gasteiger partial charge in [0.2, 0.25) is 5.91 Å². The van der Waals surface area contributed by atoms with Gasteiger partial charge in [-0.1, -0.05) is 0 Å². The van der Waals surface area contributed by atoms with E-state index < -0.39 is 0 Å². The highest BCUT2D eigenvalue weighted by molar-refractivity contribution is 5.73. The van der Waals surface area contributed by atoms with Gasteiger partial charge in [0.05, 0.1) is 0 Å². The molecule has 3 atom stereocenters. The molecule has 14 heavy (non-hydrogen) atoms. The van der Waals surface area contributed by atoms with E-state index in [2.05, 4.69) is 10.6 Å². The zero-order valence-electron chi connectivity index (χ0n) is 8.52. The molecule has 78 valence electrons. The highest BCUT2D eigenvalue weighted by Crippen LogP contribution is 2.95. The molecule has 0 aliphatic heterocycles. The van der Waals surface area contributed by atoms with Crippen LogP contribution in [0.15, 0.2) is 0 Å². The Hall–Kier alpha value is -0.610. The third-order valence-corrected chi connectivity index (χ3v) is 4.68. The number of nitrogens with one attached hydrogen (secondary N) is 2. The van der Waals surface area contributed by atoms with Gasteiger partial charge >= 0.3 is 0 Å². The summed E-state index contributed by atoms with van der Waals surface area (Å²) in [5.74, 6) is 0.0892. The van der Waals surface area contributed by atoms with E-state index in [9.17, 15) is 4.79 Å². The van der Waals surface area contributed by atoms with E-state index in [0.717, 1.165) is 6.54 Å². The number of hydrogen-bond acceptors (Lipinski definition) is 3. The van der Waals surface area contributed by atoms with Crippen LogP contribution in [0.5, 0.6) is 0 Å². The fourth-order valence-electron chi connectivity index (χ4n) is 3.94. The first kappa shape index (κ1) is 8.68. The van der Waals surface area contributed by atoms with Gasteiger partial charge in [-0.2, -0.15) is 0 Å². The maximum Gasteiger partial charge on any atom is 0.216 e. The largest absolute Gasteiger partial charge is 0.356 e. The first-order valence-electron chi connectivity index (χ1n) is 5.29. The molecule has 0 bridgehead atoms. The maximum absolute atomic E-state index is 10.8. The molecule has 3 saturated carbocycles. The lowest BCUT2D eigenvalue weighted by Crippen LogP contribution is -2.49. The van der Waals surface area contributed by atoms with Crippen molar-refractivity contribution in [2.75, 3.05) is 13.2 Å². The van der Waals surface area contributed by atoms with Crippen LogP contribution in [-0.4, -0.2) is 24.7 Å². The molecule has 0 aromatic rings. The second kappa shape index (κ2) is 2.14. The van der Waals surface area contributed by atoms with E-state index in [1.165, 1.54) is 19.3 Å². The van der Waals surface area contributed by atoms with E-state index in [1.54, 1.807) is 6.92 Å². The Bertz CT molecular complexity index is 318. The second-order valence-electron chi connectivity index (χ2n) is 5.27. The van der Waals surface area contributed by atoms with Crippen LogP contribution in [0, 0.1) is 10.8 Å². The van der Waals surface area contributed by atoms with Crippen LogP contribution in [0.4, 0.5) is 0 Å². The van der Waals surface area contributed by atoms with Crippen molar-refractivity contribution in [3.05, 3.63) is 0 Å². The number of amides is 1. The molecule has 1 amide bonds. The summed E-state index contributed by atoms with van der Waals surface area (Å²) in [4.78, 5) is 10.8. The minimum Gasteiger partial charge on any atom is -0.356 e. The fraction of sp³-hybridized carbons (Fsp3) is 0.900. The Labute approximate surface area is 83.6 Å². The van der Waals surface area contributed by atoms with Gasteiger partial charge in [-0.25, -0.2) is 0 Å². The Morgan fingerprint density at radius 3 is 2.79 bits per heavy atom. The summed E-state index contributed by atoms with van der Waals surface area (Å²) in [6.45, 7) is 3.04. The number of rotatable bonds is 4. The molecule has 1 spiro atoms. The topological polar surface area (TPSA) is 67.2 Å². The molecule has 4 N–H and O–H groups in total. The lowest BCUT2D eigenvalue weighted by molar-refractivity contribution is -0.119. The molecule has 0 aromatic carbocycles. The fourth-order valence-corrected chi connectivity index (χ4v) is 3.94. The second-order valence-corrected chi connectivity index (χ2v) is 5.27. The molecule has 3 rings (SSSR count). The summed E-state index contributed by atoms with van der Waals surface area (Å²) in [5.41, 5.74) is 6.86. The molecule has 3 aliphatic rings. The zero-order chi connectivity index (χ0) is 10.0. The van der Waals surface area contributed by atoms with Crippen LogP contribution >= 0.6 is 0 Å². The molecule has 0 heterocycles. The van der Waals surface area contributed by atoms with E-state index in [4.69, 9.17) is 5.73 Å². The normalized spacial score (nSPS) is 51.3. The van der Waals surface area contributed by atoms with Gasteiger partial charge in [0.15, 0.2) is 0 Å². The minimum absolute atomic E-state index is 0.0892. The number of carbonyl (C=O) groups is 1. The van der Waals surface area contributed by atoms with Gasteiger partial charge in [-0.05, 0) is 30.1 Å². The molecular weight excluding hydrogens is 178 g/mol. The highest BCUT2D eigenvalue weighted by Gasteiger charge is 2.95. The highest BCUT2D eigenvalue weighted by atomic mass is 16.1. The lowest BCUT2D eigenvalue weighted by atomic mass is 9.80. The molecule has 0 saturated heterocycles. The van der Waals surface area contributed by atoms with Gasteiger partial charge in [-0.15, -0.1) is 0 Å². The summed E-state index contributed by atoms with van der Waals surface area (Å²) < 4.78 is 0. The molecule has 3 unspecified atom stereocenters. The van der Waals surface area contributed by atoms with Crippen LogP contribution in [0.25, 0.3) is 0 Å². The maximum atomic E-state index is 10.8. The molecule has 3 fully saturated rings. The summed E-state index contributed by atoms with van der Waals surface area (Å²) in [5, 5.41) is 6.33. The predicted octanol–water partition coefficient (Wildman–Crippen LogP) is -0.449. The van der Waals surface area contributed by atoms with Crippen molar-refractivity contribution in [2.45, 2.75) is 31.7 Å². The molecule has 0 aromatic heterocycles. The van der Waals surface area contributed by atoms with Crippen molar-refractivity contribution in [2.24, 2.45) is 16.6 Å². The third-order valence-electron chi connectivity index (χ3n) is 4.68. The van der Waals surface area contributed by atoms with Crippen molar-refractivity contribution in [3.63, 3.8) is 0 Å². The zero-order valence-corrected chi connectivity index (χ0v) is 8.52. The van der Waals surface area contributed by atoms with E-state index in [0.29, 0.717) is 23.0 Å². The Balaban J connectivity index is 1.60. The Kier molecular flexibility index (Phi) is 1.33. The Morgan fingerprint density at radius 1 is 1.43 bits per heavy atom. The van der Waals surface area contributed by atoms with Gasteiger partial charge in [-0.3, -0.25) is 10.1 Å². The van der Waals surface area contributed by atoms with Crippen molar-refractivity contribution in [1.82, 2.24) is 10.6 Å². The monoisotopic (exact) mass is 195 g/mol. The molecule has 4 heteroatoms. The smallest absolute Gasteiger partial charge is 0.216 e. The van der Waals surface area contributed by atoms with E-state index >= 15 is 0 Å². The van der Waals surface area contributed by atoms with Crippen LogP contribution in [0.2, 0.25) is 0 Å². The first-order chi connectivity index (χ1) is 6.60. The molecular formula is C10H17N3O. The standard InChI is InChI=1S/C10H17N3O/c1-7(14)12-5-8-2-9(8)4-10(9,3-8)13-6-11/h13H,2-6,11H2,1H3,(H,12,14). The summed E-state index contributed by atoms with van der Waals surface area (Å²) >= 11 is 0. The van der Waals surface area contributed by atoms with Crippen LogP contribution in [-0.2, 0) is 4.79 Å². The number of carbonyl (C=O) groups excluding carboxylic acids is 1. The predicted molar refractivity (Wildman–Crippen MR) is 52.3 cm³/mol. The van der Waals surface area contributed by atoms with Crippen LogP contribution in [0.3, 0.4) is 0 Å². The summed E-state index contributed by atoms with van der Waals surface area (Å²) in [6, 6.07) is 0. The van der Waals surface area contributed by atoms with Crippen molar-refractivity contribution >= 4 is 5.91 Å². The van der Waals surface area contributed by atoms with Gasteiger partial charge in [0.25, 0.3) is 0 Å². The van der Waals surface area contributed by atoms with E-state index in [-0.39, 0.29) is 5.91 Å². The van der Waals surface area contributed by atoms with Crippen molar-refractivity contribution in [3.8, 4) is 0 Å². The minimum atomic E-state index is 0.0892. The van der Waals surface area contributed by atoms with Crippen LogP contribution in [0.1, 0.15) is 26.2 Å². The van der Waals surface area contributed by atoms with Gasteiger partial charge < -0.3 is 11.1 Å². The molecule has 3 aliphatic carbocycles. The quantitative estimate of drug-likeness (QED) is 0.532. The Morgan fingerprint density at radius 2 is 2.21 bits per heavy atom. The third kappa shape index (κ3) is 0.718. The summed E-state index contributed by atoms with van der Waals surface area (Å²) in [7, 11) is 0. The van der Waals surface area contributed by atoms with Gasteiger partial charge in [0, 0.05) is 25.7 Å². The number of hydrogen-bond donors (Lipinski definition) is 3. The molecule has 0 radical (unpaired) electrons. The van der Waals surface area contributed by atoms with Crippen molar-refractivity contribution in [1.29, 1.82) is 0 Å².